The average Bonchev–Trinajstić information content (AvgIpc) is 2.67. The number of benzene rings is 2. The van der Waals surface area contributed by atoms with Gasteiger partial charge in [-0.15, -0.1) is 0 Å². The molecule has 27 heavy (non-hydrogen) atoms. The first-order chi connectivity index (χ1) is 12.9. The van der Waals surface area contributed by atoms with Crippen molar-refractivity contribution in [3.05, 3.63) is 74.6 Å². The molecule has 2 aromatic carbocycles. The number of non-ortho nitro benzene ring substituents is 1. The quantitative estimate of drug-likeness (QED) is 0.255. The standard InChI is InChI=1S/C20H21N3O3S/c1-4-13(2)22-19(24)17-10-5-6-11-18(17)21-20(22)27-14(3)15-8-7-9-16(12-15)23(25)26/h5-14H,4H2,1-3H3/t13-,14+/m1/s1. The Kier molecular flexibility index (Phi) is 5.60. The van der Waals surface area contributed by atoms with E-state index in [1.807, 2.05) is 45.0 Å². The fourth-order valence-electron chi connectivity index (χ4n) is 2.90. The Labute approximate surface area is 161 Å². The van der Waals surface area contributed by atoms with Crippen LogP contribution in [-0.4, -0.2) is 14.5 Å². The van der Waals surface area contributed by atoms with E-state index in [1.54, 1.807) is 22.8 Å². The molecule has 0 saturated heterocycles. The van der Waals surface area contributed by atoms with E-state index >= 15 is 0 Å². The van der Waals surface area contributed by atoms with Crippen LogP contribution in [-0.2, 0) is 0 Å². The highest BCUT2D eigenvalue weighted by atomic mass is 32.2. The molecule has 0 bridgehead atoms. The lowest BCUT2D eigenvalue weighted by atomic mass is 10.1. The summed E-state index contributed by atoms with van der Waals surface area (Å²) in [6.07, 6.45) is 0.804. The van der Waals surface area contributed by atoms with Crippen LogP contribution in [0.15, 0.2) is 58.5 Å². The normalized spacial score (nSPS) is 13.4. The van der Waals surface area contributed by atoms with Gasteiger partial charge in [0.2, 0.25) is 0 Å². The minimum absolute atomic E-state index is 0.00872. The van der Waals surface area contributed by atoms with Crippen molar-refractivity contribution in [2.75, 3.05) is 0 Å². The van der Waals surface area contributed by atoms with E-state index in [1.165, 1.54) is 17.8 Å². The van der Waals surface area contributed by atoms with Crippen molar-refractivity contribution >= 4 is 28.4 Å². The summed E-state index contributed by atoms with van der Waals surface area (Å²) in [5.41, 5.74) is 1.50. The van der Waals surface area contributed by atoms with E-state index in [9.17, 15) is 14.9 Å². The molecule has 3 rings (SSSR count). The van der Waals surface area contributed by atoms with Crippen LogP contribution in [0.25, 0.3) is 10.9 Å². The van der Waals surface area contributed by atoms with Gasteiger partial charge in [-0.1, -0.05) is 43.0 Å². The van der Waals surface area contributed by atoms with Crippen molar-refractivity contribution in [3.8, 4) is 0 Å². The van der Waals surface area contributed by atoms with Crippen LogP contribution in [0.1, 0.15) is 44.0 Å². The monoisotopic (exact) mass is 383 g/mol. The van der Waals surface area contributed by atoms with Gasteiger partial charge in [-0.2, -0.15) is 0 Å². The van der Waals surface area contributed by atoms with E-state index in [-0.39, 0.29) is 22.5 Å². The molecule has 3 aromatic rings. The molecule has 1 aromatic heterocycles. The molecule has 0 radical (unpaired) electrons. The largest absolute Gasteiger partial charge is 0.284 e. The molecule has 1 heterocycles. The molecular weight excluding hydrogens is 362 g/mol. The van der Waals surface area contributed by atoms with E-state index in [0.717, 1.165) is 12.0 Å². The minimum atomic E-state index is -0.399. The number of nitrogens with zero attached hydrogens (tertiary/aromatic N) is 3. The maximum Gasteiger partial charge on any atom is 0.269 e. The molecule has 0 aliphatic rings. The zero-order valence-corrected chi connectivity index (χ0v) is 16.3. The predicted octanol–water partition coefficient (Wildman–Crippen LogP) is 5.13. The molecule has 0 fully saturated rings. The van der Waals surface area contributed by atoms with Gasteiger partial charge in [-0.3, -0.25) is 19.5 Å². The number of nitro groups is 1. The van der Waals surface area contributed by atoms with Crippen LogP contribution in [0, 0.1) is 10.1 Å². The van der Waals surface area contributed by atoms with E-state index in [2.05, 4.69) is 0 Å². The summed E-state index contributed by atoms with van der Waals surface area (Å²) in [5.74, 6) is 0. The molecule has 0 saturated carbocycles. The number of para-hydroxylation sites is 1. The maximum atomic E-state index is 13.0. The molecule has 0 unspecified atom stereocenters. The predicted molar refractivity (Wildman–Crippen MR) is 108 cm³/mol. The molecule has 0 amide bonds. The Hall–Kier alpha value is -2.67. The third-order valence-electron chi connectivity index (χ3n) is 4.64. The Morgan fingerprint density at radius 3 is 2.63 bits per heavy atom. The summed E-state index contributed by atoms with van der Waals surface area (Å²) >= 11 is 1.45. The highest BCUT2D eigenvalue weighted by molar-refractivity contribution is 7.99. The maximum absolute atomic E-state index is 13.0. The smallest absolute Gasteiger partial charge is 0.269 e. The molecule has 0 aliphatic carbocycles. The van der Waals surface area contributed by atoms with Gasteiger partial charge in [0.15, 0.2) is 5.16 Å². The molecular formula is C20H21N3O3S. The fourth-order valence-corrected chi connectivity index (χ4v) is 4.02. The van der Waals surface area contributed by atoms with Gasteiger partial charge in [-0.25, -0.2) is 4.98 Å². The van der Waals surface area contributed by atoms with Crippen LogP contribution in [0.5, 0.6) is 0 Å². The molecule has 7 heteroatoms. The molecule has 2 atom stereocenters. The molecule has 0 aliphatic heterocycles. The third kappa shape index (κ3) is 3.88. The van der Waals surface area contributed by atoms with Gasteiger partial charge < -0.3 is 0 Å². The number of rotatable bonds is 6. The SMILES string of the molecule is CC[C@@H](C)n1c(S[C@@H](C)c2cccc([N+](=O)[O-])c2)nc2ccccc2c1=O. The van der Waals surface area contributed by atoms with E-state index < -0.39 is 4.92 Å². The number of thioether (sulfide) groups is 1. The van der Waals surface area contributed by atoms with Crippen LogP contribution >= 0.6 is 11.8 Å². The molecule has 6 nitrogen and oxygen atoms in total. The Morgan fingerprint density at radius 2 is 1.93 bits per heavy atom. The van der Waals surface area contributed by atoms with E-state index in [0.29, 0.717) is 16.1 Å². The summed E-state index contributed by atoms with van der Waals surface area (Å²) in [6.45, 7) is 6.00. The van der Waals surface area contributed by atoms with Gasteiger partial charge in [0.1, 0.15) is 0 Å². The molecule has 140 valence electrons. The second-order valence-electron chi connectivity index (χ2n) is 6.46. The van der Waals surface area contributed by atoms with Gasteiger partial charge in [-0.05, 0) is 38.0 Å². The van der Waals surface area contributed by atoms with Crippen LogP contribution in [0.4, 0.5) is 5.69 Å². The van der Waals surface area contributed by atoms with Crippen molar-refractivity contribution in [2.45, 2.75) is 43.6 Å². The minimum Gasteiger partial charge on any atom is -0.284 e. The number of hydrogen-bond acceptors (Lipinski definition) is 5. The highest BCUT2D eigenvalue weighted by Crippen LogP contribution is 2.36. The van der Waals surface area contributed by atoms with Gasteiger partial charge in [0, 0.05) is 23.4 Å². The third-order valence-corrected chi connectivity index (χ3v) is 5.76. The Morgan fingerprint density at radius 1 is 1.19 bits per heavy atom. The van der Waals surface area contributed by atoms with Crippen molar-refractivity contribution in [2.24, 2.45) is 0 Å². The summed E-state index contributed by atoms with van der Waals surface area (Å²) in [6, 6.07) is 13.9. The Bertz CT molecular complexity index is 1050. The lowest BCUT2D eigenvalue weighted by Gasteiger charge is -2.20. The number of fused-ring (bicyclic) bond motifs is 1. The van der Waals surface area contributed by atoms with Gasteiger partial charge in [0.25, 0.3) is 11.2 Å². The van der Waals surface area contributed by atoms with Crippen LogP contribution < -0.4 is 5.56 Å². The number of hydrogen-bond donors (Lipinski definition) is 0. The summed E-state index contributed by atoms with van der Waals surface area (Å²) in [4.78, 5) is 28.4. The first kappa shape index (κ1) is 19.1. The van der Waals surface area contributed by atoms with Gasteiger partial charge >= 0.3 is 0 Å². The van der Waals surface area contributed by atoms with Crippen LogP contribution in [0.3, 0.4) is 0 Å². The van der Waals surface area contributed by atoms with Crippen molar-refractivity contribution in [3.63, 3.8) is 0 Å². The summed E-state index contributed by atoms with van der Waals surface area (Å²) in [5, 5.41) is 12.2. The van der Waals surface area contributed by atoms with Crippen molar-refractivity contribution < 1.29 is 4.92 Å². The first-order valence-corrected chi connectivity index (χ1v) is 9.72. The molecule has 0 spiro atoms. The number of aromatic nitrogens is 2. The zero-order chi connectivity index (χ0) is 19.6. The highest BCUT2D eigenvalue weighted by Gasteiger charge is 2.19. The summed E-state index contributed by atoms with van der Waals surface area (Å²) < 4.78 is 1.74. The Balaban J connectivity index is 2.06. The summed E-state index contributed by atoms with van der Waals surface area (Å²) in [7, 11) is 0. The topological polar surface area (TPSA) is 78.0 Å². The second-order valence-corrected chi connectivity index (χ2v) is 7.76. The lowest BCUT2D eigenvalue weighted by molar-refractivity contribution is -0.384. The molecule has 0 N–H and O–H groups in total. The average molecular weight is 383 g/mol. The van der Waals surface area contributed by atoms with E-state index in [4.69, 9.17) is 4.98 Å². The van der Waals surface area contributed by atoms with Gasteiger partial charge in [0.05, 0.1) is 15.8 Å². The zero-order valence-electron chi connectivity index (χ0n) is 15.5. The lowest BCUT2D eigenvalue weighted by Crippen LogP contribution is -2.26. The van der Waals surface area contributed by atoms with Crippen molar-refractivity contribution in [1.82, 2.24) is 9.55 Å². The van der Waals surface area contributed by atoms with Crippen LogP contribution in [0.2, 0.25) is 0 Å². The number of nitro benzene ring substituents is 1. The fraction of sp³-hybridized carbons (Fsp3) is 0.300. The second kappa shape index (κ2) is 7.92. The van der Waals surface area contributed by atoms with Crippen molar-refractivity contribution in [1.29, 1.82) is 0 Å². The first-order valence-electron chi connectivity index (χ1n) is 8.84.